The highest BCUT2D eigenvalue weighted by Gasteiger charge is 2.23. The third-order valence-corrected chi connectivity index (χ3v) is 6.42. The average molecular weight is 439 g/mol. The Morgan fingerprint density at radius 2 is 1.92 bits per heavy atom. The number of rotatable bonds is 5. The Morgan fingerprint density at radius 3 is 2.52 bits per heavy atom. The number of nitrogens with zero attached hydrogens (tertiary/aromatic N) is 3. The second kappa shape index (κ2) is 7.80. The highest BCUT2D eigenvalue weighted by atomic mass is 35.5. The van der Waals surface area contributed by atoms with Gasteiger partial charge >= 0.3 is 0 Å². The number of aromatic nitrogens is 3. The first-order chi connectivity index (χ1) is 11.9. The van der Waals surface area contributed by atoms with E-state index in [0.717, 1.165) is 12.8 Å². The molecule has 0 radical (unpaired) electrons. The Labute approximate surface area is 168 Å². The van der Waals surface area contributed by atoms with Gasteiger partial charge in [-0.1, -0.05) is 65.8 Å². The predicted octanol–water partition coefficient (Wildman–Crippen LogP) is 7.23. The van der Waals surface area contributed by atoms with Crippen LogP contribution in [0.1, 0.15) is 19.8 Å². The molecule has 2 heterocycles. The van der Waals surface area contributed by atoms with Gasteiger partial charge in [0, 0.05) is 6.54 Å². The van der Waals surface area contributed by atoms with Crippen molar-refractivity contribution in [1.82, 2.24) is 14.8 Å². The van der Waals surface area contributed by atoms with E-state index in [1.54, 1.807) is 10.7 Å². The van der Waals surface area contributed by atoms with Gasteiger partial charge in [-0.25, -0.2) is 14.1 Å². The maximum Gasteiger partial charge on any atom is 0.186 e. The van der Waals surface area contributed by atoms with Gasteiger partial charge in [-0.05, 0) is 18.6 Å². The maximum atomic E-state index is 14.2. The van der Waals surface area contributed by atoms with Crippen LogP contribution in [-0.2, 0) is 6.54 Å². The molecule has 9 heteroatoms. The van der Waals surface area contributed by atoms with Gasteiger partial charge in [0.15, 0.2) is 11.6 Å². The molecule has 0 aliphatic heterocycles. The smallest absolute Gasteiger partial charge is 0.186 e. The van der Waals surface area contributed by atoms with Gasteiger partial charge in [0.05, 0.1) is 25.5 Å². The van der Waals surface area contributed by atoms with E-state index in [0.29, 0.717) is 26.6 Å². The fraction of sp³-hybridized carbons (Fsp3) is 0.250. The molecule has 0 unspecified atom stereocenters. The number of hydrogen-bond donors (Lipinski definition) is 0. The Balaban J connectivity index is 2.18. The highest BCUT2D eigenvalue weighted by molar-refractivity contribution is 7.20. The molecule has 0 fully saturated rings. The first kappa shape index (κ1) is 18.9. The second-order valence-electron chi connectivity index (χ2n) is 5.27. The van der Waals surface area contributed by atoms with Crippen molar-refractivity contribution in [2.75, 3.05) is 0 Å². The Hall–Kier alpha value is -0.850. The van der Waals surface area contributed by atoms with E-state index in [1.165, 1.54) is 23.5 Å². The van der Waals surface area contributed by atoms with E-state index in [9.17, 15) is 4.39 Å². The van der Waals surface area contributed by atoms with Gasteiger partial charge in [0.25, 0.3) is 0 Å². The number of unbranched alkanes of at least 4 members (excludes halogenated alkanes) is 1. The molecular weight excluding hydrogens is 427 g/mol. The number of aryl methyl sites for hydroxylation is 1. The lowest BCUT2D eigenvalue weighted by Gasteiger charge is -2.03. The van der Waals surface area contributed by atoms with Crippen molar-refractivity contribution in [3.8, 4) is 22.1 Å². The first-order valence-corrected chi connectivity index (χ1v) is 9.79. The van der Waals surface area contributed by atoms with Crippen LogP contribution in [0.5, 0.6) is 0 Å². The summed E-state index contributed by atoms with van der Waals surface area (Å²) in [4.78, 5) is 5.07. The molecule has 0 atom stereocenters. The van der Waals surface area contributed by atoms with Crippen LogP contribution in [0.25, 0.3) is 22.1 Å². The summed E-state index contributed by atoms with van der Waals surface area (Å²) in [6.07, 6.45) is 1.85. The molecule has 3 rings (SSSR count). The zero-order chi connectivity index (χ0) is 18.1. The van der Waals surface area contributed by atoms with Gasteiger partial charge in [-0.3, -0.25) is 0 Å². The van der Waals surface area contributed by atoms with Gasteiger partial charge < -0.3 is 0 Å². The van der Waals surface area contributed by atoms with Crippen LogP contribution in [0, 0.1) is 5.82 Å². The quantitative estimate of drug-likeness (QED) is 0.420. The topological polar surface area (TPSA) is 30.7 Å². The highest BCUT2D eigenvalue weighted by Crippen LogP contribution is 2.45. The van der Waals surface area contributed by atoms with Crippen LogP contribution in [0.4, 0.5) is 4.39 Å². The third-order valence-electron chi connectivity index (χ3n) is 3.54. The molecule has 2 aromatic heterocycles. The number of thiophene rings is 1. The predicted molar refractivity (Wildman–Crippen MR) is 104 cm³/mol. The summed E-state index contributed by atoms with van der Waals surface area (Å²) in [5, 5.41) is 5.27. The van der Waals surface area contributed by atoms with Crippen LogP contribution >= 0.6 is 57.7 Å². The monoisotopic (exact) mass is 437 g/mol. The van der Waals surface area contributed by atoms with Crippen molar-refractivity contribution in [2.24, 2.45) is 0 Å². The van der Waals surface area contributed by atoms with Gasteiger partial charge in [-0.15, -0.1) is 11.3 Å². The summed E-state index contributed by atoms with van der Waals surface area (Å²) in [5.41, 5.74) is 0.158. The van der Waals surface area contributed by atoms with E-state index in [2.05, 4.69) is 17.0 Å². The third kappa shape index (κ3) is 3.67. The number of halogens is 5. The summed E-state index contributed by atoms with van der Waals surface area (Å²) >= 11 is 25.8. The molecule has 25 heavy (non-hydrogen) atoms. The Kier molecular flexibility index (Phi) is 5.91. The lowest BCUT2D eigenvalue weighted by molar-refractivity contribution is 0.577. The molecule has 0 saturated heterocycles. The van der Waals surface area contributed by atoms with E-state index < -0.39 is 5.82 Å². The molecule has 0 spiro atoms. The summed E-state index contributed by atoms with van der Waals surface area (Å²) in [5.74, 6) is 0.206. The molecule has 132 valence electrons. The van der Waals surface area contributed by atoms with Crippen molar-refractivity contribution in [1.29, 1.82) is 0 Å². The molecule has 0 N–H and O–H groups in total. The summed E-state index contributed by atoms with van der Waals surface area (Å²) < 4.78 is 16.3. The van der Waals surface area contributed by atoms with Crippen molar-refractivity contribution in [3.63, 3.8) is 0 Å². The van der Waals surface area contributed by atoms with Crippen molar-refractivity contribution in [2.45, 2.75) is 26.3 Å². The second-order valence-corrected chi connectivity index (χ2v) is 8.05. The van der Waals surface area contributed by atoms with Crippen molar-refractivity contribution in [3.05, 3.63) is 43.4 Å². The van der Waals surface area contributed by atoms with Crippen LogP contribution in [-0.4, -0.2) is 14.8 Å². The average Bonchev–Trinajstić information content (AvgIpc) is 3.09. The first-order valence-electron chi connectivity index (χ1n) is 7.46. The van der Waals surface area contributed by atoms with Gasteiger partial charge in [0.1, 0.15) is 10.2 Å². The molecule has 1 aromatic carbocycles. The van der Waals surface area contributed by atoms with E-state index in [-0.39, 0.29) is 21.4 Å². The molecule has 0 bridgehead atoms. The Bertz CT molecular complexity index is 902. The zero-order valence-electron chi connectivity index (χ0n) is 13.0. The van der Waals surface area contributed by atoms with Gasteiger partial charge in [0.2, 0.25) is 0 Å². The van der Waals surface area contributed by atoms with Crippen LogP contribution in [0.2, 0.25) is 19.4 Å². The summed E-state index contributed by atoms with van der Waals surface area (Å²) in [6, 6.07) is 4.45. The largest absolute Gasteiger partial charge is 0.244 e. The summed E-state index contributed by atoms with van der Waals surface area (Å²) in [7, 11) is 0. The van der Waals surface area contributed by atoms with Crippen LogP contribution < -0.4 is 0 Å². The minimum Gasteiger partial charge on any atom is -0.244 e. The van der Waals surface area contributed by atoms with E-state index in [4.69, 9.17) is 46.4 Å². The fourth-order valence-corrected chi connectivity index (χ4v) is 4.34. The molecular formula is C16H12Cl4FN3S. The van der Waals surface area contributed by atoms with Crippen molar-refractivity contribution >= 4 is 57.7 Å². The number of benzene rings is 1. The van der Waals surface area contributed by atoms with Gasteiger partial charge in [-0.2, -0.15) is 5.10 Å². The maximum absolute atomic E-state index is 14.2. The molecule has 0 aliphatic carbocycles. The SMILES string of the molecule is CCCCn1nc(-c2c(F)cccc2Cl)nc1-c1sc(Cl)c(Cl)c1Cl. The number of hydrogen-bond acceptors (Lipinski definition) is 3. The normalized spacial score (nSPS) is 11.3. The van der Waals surface area contributed by atoms with Crippen molar-refractivity contribution < 1.29 is 4.39 Å². The van der Waals surface area contributed by atoms with Crippen LogP contribution in [0.15, 0.2) is 18.2 Å². The fourth-order valence-electron chi connectivity index (χ4n) is 2.30. The molecule has 0 aliphatic rings. The standard InChI is InChI=1S/C16H12Cl4FN3S/c1-2-3-7-24-16(13-11(18)12(19)14(20)25-13)22-15(23-24)10-8(17)5-4-6-9(10)21/h4-6H,2-3,7H2,1H3. The minimum absolute atomic E-state index is 0.158. The minimum atomic E-state index is -0.486. The lowest BCUT2D eigenvalue weighted by atomic mass is 10.2. The Morgan fingerprint density at radius 1 is 1.16 bits per heavy atom. The van der Waals surface area contributed by atoms with E-state index in [1.807, 2.05) is 0 Å². The molecule has 0 amide bonds. The lowest BCUT2D eigenvalue weighted by Crippen LogP contribution is -2.02. The zero-order valence-corrected chi connectivity index (χ0v) is 16.8. The van der Waals surface area contributed by atoms with E-state index >= 15 is 0 Å². The van der Waals surface area contributed by atoms with Crippen LogP contribution in [0.3, 0.4) is 0 Å². The molecule has 3 aromatic rings. The molecule has 3 nitrogen and oxygen atoms in total. The summed E-state index contributed by atoms with van der Waals surface area (Å²) in [6.45, 7) is 2.67. The molecule has 0 saturated carbocycles.